The lowest BCUT2D eigenvalue weighted by atomic mass is 9.71. The lowest BCUT2D eigenvalue weighted by molar-refractivity contribution is 0.0599. The number of esters is 1. The number of carbonyl (C=O) groups is 1. The highest BCUT2D eigenvalue weighted by Gasteiger charge is 2.26. The zero-order valence-electron chi connectivity index (χ0n) is 10.4. The molecule has 4 N–H and O–H groups in total. The summed E-state index contributed by atoms with van der Waals surface area (Å²) in [5, 5.41) is 18.7. The van der Waals surface area contributed by atoms with Crippen molar-refractivity contribution in [2.45, 2.75) is 20.8 Å². The van der Waals surface area contributed by atoms with Gasteiger partial charge in [0.05, 0.1) is 12.7 Å². The number of nitrogens with two attached hydrogens (primary N) is 1. The number of carbonyl (C=O) groups excluding carboxylic acids is 1. The smallest absolute Gasteiger partial charge is 0.465 e. The Balaban J connectivity index is 3.68. The first-order valence-electron chi connectivity index (χ1n) is 5.16. The molecule has 1 aromatic carbocycles. The molecular weight excluding hydrogens is 221 g/mol. The first kappa shape index (κ1) is 13.5. The third kappa shape index (κ3) is 2.14. The second-order valence-electron chi connectivity index (χ2n) is 3.94. The maximum Gasteiger partial charge on any atom is 0.489 e. The molecule has 0 unspecified atom stereocenters. The Hall–Kier alpha value is -1.53. The van der Waals surface area contributed by atoms with Gasteiger partial charge in [0.25, 0.3) is 0 Å². The van der Waals surface area contributed by atoms with Crippen LogP contribution in [-0.2, 0) is 4.74 Å². The topological polar surface area (TPSA) is 92.8 Å². The van der Waals surface area contributed by atoms with Crippen LogP contribution >= 0.6 is 0 Å². The Morgan fingerprint density at radius 2 is 1.71 bits per heavy atom. The van der Waals surface area contributed by atoms with Crippen molar-refractivity contribution in [3.8, 4) is 0 Å². The molecule has 5 nitrogen and oxygen atoms in total. The summed E-state index contributed by atoms with van der Waals surface area (Å²) in [5.41, 5.74) is 8.42. The van der Waals surface area contributed by atoms with Crippen LogP contribution in [0.4, 0.5) is 5.69 Å². The largest absolute Gasteiger partial charge is 0.489 e. The minimum Gasteiger partial charge on any atom is -0.465 e. The summed E-state index contributed by atoms with van der Waals surface area (Å²) in [7, 11) is -0.395. The van der Waals surface area contributed by atoms with Crippen LogP contribution in [0.1, 0.15) is 27.0 Å². The van der Waals surface area contributed by atoms with E-state index in [9.17, 15) is 14.8 Å². The number of hydrogen-bond donors (Lipinski definition) is 3. The van der Waals surface area contributed by atoms with E-state index in [-0.39, 0.29) is 5.46 Å². The summed E-state index contributed by atoms with van der Waals surface area (Å²) < 4.78 is 4.67. The van der Waals surface area contributed by atoms with Crippen LogP contribution in [-0.4, -0.2) is 30.2 Å². The van der Waals surface area contributed by atoms with Gasteiger partial charge in [-0.3, -0.25) is 0 Å². The Morgan fingerprint density at radius 3 is 2.12 bits per heavy atom. The third-order valence-electron chi connectivity index (χ3n) is 3.01. The molecule has 0 amide bonds. The highest BCUT2D eigenvalue weighted by Crippen LogP contribution is 2.23. The predicted octanol–water partition coefficient (Wildman–Crippen LogP) is -0.340. The van der Waals surface area contributed by atoms with Gasteiger partial charge in [-0.2, -0.15) is 0 Å². The van der Waals surface area contributed by atoms with E-state index in [1.807, 2.05) is 0 Å². The number of ether oxygens (including phenoxy) is 1. The number of methoxy groups -OCH3 is 1. The van der Waals surface area contributed by atoms with Crippen LogP contribution < -0.4 is 11.2 Å². The van der Waals surface area contributed by atoms with Gasteiger partial charge in [0.2, 0.25) is 0 Å². The van der Waals surface area contributed by atoms with Crippen molar-refractivity contribution in [3.05, 3.63) is 22.3 Å². The molecule has 0 saturated heterocycles. The van der Waals surface area contributed by atoms with Gasteiger partial charge in [0.15, 0.2) is 0 Å². The van der Waals surface area contributed by atoms with E-state index >= 15 is 0 Å². The summed E-state index contributed by atoms with van der Waals surface area (Å²) in [6.45, 7) is 5.03. The monoisotopic (exact) mass is 237 g/mol. The quantitative estimate of drug-likeness (QED) is 0.371. The zero-order chi connectivity index (χ0) is 13.3. The Bertz CT molecular complexity index is 471. The summed E-state index contributed by atoms with van der Waals surface area (Å²) >= 11 is 0. The molecule has 0 radical (unpaired) electrons. The highest BCUT2D eigenvalue weighted by atomic mass is 16.5. The third-order valence-corrected chi connectivity index (χ3v) is 3.01. The first-order valence-corrected chi connectivity index (χ1v) is 5.16. The Kier molecular flexibility index (Phi) is 3.80. The first-order chi connectivity index (χ1) is 7.82. The van der Waals surface area contributed by atoms with Crippen molar-refractivity contribution in [1.29, 1.82) is 0 Å². The molecule has 0 atom stereocenters. The summed E-state index contributed by atoms with van der Waals surface area (Å²) in [6.07, 6.45) is 0. The van der Waals surface area contributed by atoms with Gasteiger partial charge < -0.3 is 20.5 Å². The van der Waals surface area contributed by atoms with Gasteiger partial charge in [-0.05, 0) is 42.9 Å². The average molecular weight is 237 g/mol. The van der Waals surface area contributed by atoms with E-state index < -0.39 is 13.1 Å². The summed E-state index contributed by atoms with van der Waals surface area (Å²) in [5.74, 6) is -0.534. The molecule has 0 aliphatic carbocycles. The summed E-state index contributed by atoms with van der Waals surface area (Å²) in [6, 6.07) is 0. The number of benzene rings is 1. The summed E-state index contributed by atoms with van der Waals surface area (Å²) in [4.78, 5) is 11.7. The molecule has 0 bridgehead atoms. The molecule has 17 heavy (non-hydrogen) atoms. The molecule has 0 aliphatic heterocycles. The fourth-order valence-corrected chi connectivity index (χ4v) is 2.05. The van der Waals surface area contributed by atoms with E-state index in [1.165, 1.54) is 7.11 Å². The molecule has 0 saturated carbocycles. The zero-order valence-corrected chi connectivity index (χ0v) is 10.4. The fourth-order valence-electron chi connectivity index (χ4n) is 2.05. The molecule has 1 aromatic rings. The highest BCUT2D eigenvalue weighted by molar-refractivity contribution is 6.60. The van der Waals surface area contributed by atoms with Crippen molar-refractivity contribution in [3.63, 3.8) is 0 Å². The normalized spacial score (nSPS) is 10.2. The van der Waals surface area contributed by atoms with E-state index in [2.05, 4.69) is 4.74 Å². The van der Waals surface area contributed by atoms with Crippen LogP contribution in [0.3, 0.4) is 0 Å². The van der Waals surface area contributed by atoms with Gasteiger partial charge in [0, 0.05) is 5.69 Å². The van der Waals surface area contributed by atoms with E-state index in [0.717, 1.165) is 0 Å². The van der Waals surface area contributed by atoms with E-state index in [4.69, 9.17) is 5.73 Å². The Morgan fingerprint density at radius 1 is 1.18 bits per heavy atom. The molecule has 0 fully saturated rings. The fraction of sp³-hybridized carbons (Fsp3) is 0.364. The van der Waals surface area contributed by atoms with Crippen LogP contribution in [0.2, 0.25) is 0 Å². The lowest BCUT2D eigenvalue weighted by Crippen LogP contribution is -2.37. The Labute approximate surface area is 100 Å². The van der Waals surface area contributed by atoms with Crippen LogP contribution in [0.5, 0.6) is 0 Å². The number of rotatable bonds is 2. The SMILES string of the molecule is COC(=O)c1c(C)c(N)c(C)c(B(O)O)c1C. The van der Waals surface area contributed by atoms with Crippen molar-refractivity contribution in [2.24, 2.45) is 0 Å². The van der Waals surface area contributed by atoms with Crippen LogP contribution in [0.25, 0.3) is 0 Å². The molecule has 0 aromatic heterocycles. The van der Waals surface area contributed by atoms with Gasteiger partial charge in [-0.25, -0.2) is 4.79 Å². The number of hydrogen-bond acceptors (Lipinski definition) is 5. The van der Waals surface area contributed by atoms with Gasteiger partial charge in [-0.15, -0.1) is 0 Å². The second kappa shape index (κ2) is 4.77. The molecule has 0 heterocycles. The standard InChI is InChI=1S/C11H16BNO4/c1-5-8(11(14)17-4)6(2)10(13)7(3)9(5)12(15)16/h15-16H,13H2,1-4H3. The van der Waals surface area contributed by atoms with Crippen molar-refractivity contribution < 1.29 is 19.6 Å². The number of anilines is 1. The molecule has 6 heteroatoms. The molecular formula is C11H16BNO4. The van der Waals surface area contributed by atoms with E-state index in [0.29, 0.717) is 27.9 Å². The van der Waals surface area contributed by atoms with Crippen molar-refractivity contribution >= 4 is 24.2 Å². The van der Waals surface area contributed by atoms with E-state index in [1.54, 1.807) is 20.8 Å². The van der Waals surface area contributed by atoms with Crippen LogP contribution in [0.15, 0.2) is 0 Å². The van der Waals surface area contributed by atoms with Crippen LogP contribution in [0, 0.1) is 20.8 Å². The van der Waals surface area contributed by atoms with Crippen molar-refractivity contribution in [1.82, 2.24) is 0 Å². The van der Waals surface area contributed by atoms with Gasteiger partial charge in [-0.1, -0.05) is 0 Å². The average Bonchev–Trinajstić information content (AvgIpc) is 2.25. The minimum absolute atomic E-state index is 0.258. The van der Waals surface area contributed by atoms with Gasteiger partial charge in [0.1, 0.15) is 0 Å². The second-order valence-corrected chi connectivity index (χ2v) is 3.94. The molecule has 92 valence electrons. The lowest BCUT2D eigenvalue weighted by Gasteiger charge is -2.18. The minimum atomic E-state index is -1.67. The molecule has 0 spiro atoms. The molecule has 0 aliphatic rings. The maximum absolute atomic E-state index is 11.7. The maximum atomic E-state index is 11.7. The van der Waals surface area contributed by atoms with Gasteiger partial charge >= 0.3 is 13.1 Å². The van der Waals surface area contributed by atoms with Crippen molar-refractivity contribution in [2.75, 3.05) is 12.8 Å². The predicted molar refractivity (Wildman–Crippen MR) is 66.2 cm³/mol. The number of nitrogen functional groups attached to an aromatic ring is 1. The molecule has 1 rings (SSSR count).